The van der Waals surface area contributed by atoms with E-state index in [0.29, 0.717) is 6.61 Å². The van der Waals surface area contributed by atoms with Gasteiger partial charge in [0.2, 0.25) is 0 Å². The second-order valence-electron chi connectivity index (χ2n) is 9.10. The average molecular weight is 443 g/mol. The Balaban J connectivity index is 1.84. The number of allylic oxidation sites excluding steroid dienone is 2. The third-order valence-electron chi connectivity index (χ3n) is 6.20. The summed E-state index contributed by atoms with van der Waals surface area (Å²) in [7, 11) is 0. The number of rotatable bonds is 21. The lowest BCUT2D eigenvalue weighted by atomic mass is 10.0. The van der Waals surface area contributed by atoms with Crippen LogP contribution in [0.25, 0.3) is 0 Å². The van der Waals surface area contributed by atoms with Crippen LogP contribution in [0.4, 0.5) is 0 Å². The van der Waals surface area contributed by atoms with Crippen LogP contribution in [0.15, 0.2) is 12.2 Å². The van der Waals surface area contributed by atoms with Crippen molar-refractivity contribution in [1.82, 2.24) is 0 Å². The van der Waals surface area contributed by atoms with E-state index in [-0.39, 0.29) is 13.2 Å². The van der Waals surface area contributed by atoms with Crippen LogP contribution in [0.1, 0.15) is 110 Å². The Morgan fingerprint density at radius 2 is 1.35 bits per heavy atom. The van der Waals surface area contributed by atoms with Gasteiger partial charge in [0.25, 0.3) is 0 Å². The van der Waals surface area contributed by atoms with E-state index >= 15 is 0 Å². The first-order valence-corrected chi connectivity index (χ1v) is 13.1. The summed E-state index contributed by atoms with van der Waals surface area (Å²) in [6.07, 6.45) is 22.5. The van der Waals surface area contributed by atoms with Gasteiger partial charge in [0.15, 0.2) is 0 Å². The monoisotopic (exact) mass is 442 g/mol. The van der Waals surface area contributed by atoms with Crippen LogP contribution in [0.2, 0.25) is 0 Å². The van der Waals surface area contributed by atoms with Crippen LogP contribution in [0.5, 0.6) is 0 Å². The van der Waals surface area contributed by atoms with Crippen LogP contribution < -0.4 is 0 Å². The summed E-state index contributed by atoms with van der Waals surface area (Å²) in [6.45, 7) is 2.57. The summed E-state index contributed by atoms with van der Waals surface area (Å²) in [5, 5.41) is 28.7. The summed E-state index contributed by atoms with van der Waals surface area (Å²) in [5.74, 6) is 0. The van der Waals surface area contributed by atoms with Gasteiger partial charge in [-0.1, -0.05) is 89.7 Å². The third-order valence-corrected chi connectivity index (χ3v) is 6.20. The molecular weight excluding hydrogens is 392 g/mol. The largest absolute Gasteiger partial charge is 0.394 e. The average Bonchev–Trinajstić information content (AvgIpc) is 3.15. The van der Waals surface area contributed by atoms with E-state index in [1.165, 1.54) is 83.5 Å². The van der Waals surface area contributed by atoms with Gasteiger partial charge in [-0.2, -0.15) is 0 Å². The van der Waals surface area contributed by atoms with Crippen LogP contribution in [0.3, 0.4) is 0 Å². The number of aliphatic hydroxyl groups is 3. The maximum atomic E-state index is 9.90. The Morgan fingerprint density at radius 3 is 1.90 bits per heavy atom. The van der Waals surface area contributed by atoms with Gasteiger partial charge >= 0.3 is 0 Å². The zero-order valence-electron chi connectivity index (χ0n) is 20.1. The van der Waals surface area contributed by atoms with Crippen molar-refractivity contribution in [3.63, 3.8) is 0 Å². The molecule has 1 heterocycles. The molecule has 0 bridgehead atoms. The van der Waals surface area contributed by atoms with Crippen molar-refractivity contribution >= 4 is 0 Å². The van der Waals surface area contributed by atoms with Gasteiger partial charge in [-0.05, 0) is 32.1 Å². The highest BCUT2D eigenvalue weighted by atomic mass is 16.6. The molecule has 31 heavy (non-hydrogen) atoms. The quantitative estimate of drug-likeness (QED) is 0.166. The van der Waals surface area contributed by atoms with Crippen LogP contribution >= 0.6 is 0 Å². The van der Waals surface area contributed by atoms with Crippen molar-refractivity contribution in [2.45, 2.75) is 134 Å². The fourth-order valence-corrected chi connectivity index (χ4v) is 4.18. The molecule has 0 aromatic heterocycles. The van der Waals surface area contributed by atoms with E-state index in [4.69, 9.17) is 14.6 Å². The lowest BCUT2D eigenvalue weighted by Gasteiger charge is -2.23. The number of hydrogen-bond donors (Lipinski definition) is 3. The zero-order chi connectivity index (χ0) is 22.6. The summed E-state index contributed by atoms with van der Waals surface area (Å²) in [6, 6.07) is 0. The fourth-order valence-electron chi connectivity index (χ4n) is 4.18. The minimum absolute atomic E-state index is 0.147. The van der Waals surface area contributed by atoms with E-state index < -0.39 is 24.4 Å². The Kier molecular flexibility index (Phi) is 18.6. The molecule has 1 fully saturated rings. The second kappa shape index (κ2) is 20.2. The van der Waals surface area contributed by atoms with Crippen LogP contribution in [-0.4, -0.2) is 59.6 Å². The molecule has 1 aliphatic rings. The molecule has 0 aromatic rings. The highest BCUT2D eigenvalue weighted by molar-refractivity contribution is 4.89. The molecule has 3 N–H and O–H groups in total. The Hall–Kier alpha value is -0.460. The number of unbranched alkanes of at least 4 members (excludes halogenated alkanes) is 14. The summed E-state index contributed by atoms with van der Waals surface area (Å²) < 4.78 is 11.0. The first-order valence-electron chi connectivity index (χ1n) is 13.1. The number of aliphatic hydroxyl groups excluding tert-OH is 3. The van der Waals surface area contributed by atoms with Crippen molar-refractivity contribution in [3.8, 4) is 0 Å². The molecule has 0 aliphatic carbocycles. The first-order chi connectivity index (χ1) is 15.2. The Labute approximate surface area is 191 Å². The molecule has 4 atom stereocenters. The predicted octanol–water partition coefficient (Wildman–Crippen LogP) is 5.30. The molecule has 0 unspecified atom stereocenters. The summed E-state index contributed by atoms with van der Waals surface area (Å²) in [5.41, 5.74) is 0. The summed E-state index contributed by atoms with van der Waals surface area (Å²) in [4.78, 5) is 0. The van der Waals surface area contributed by atoms with Gasteiger partial charge in [-0.25, -0.2) is 0 Å². The molecule has 5 heteroatoms. The van der Waals surface area contributed by atoms with Crippen molar-refractivity contribution < 1.29 is 24.8 Å². The molecule has 1 rings (SSSR count). The van der Waals surface area contributed by atoms with Crippen molar-refractivity contribution in [2.75, 3.05) is 19.8 Å². The number of hydrogen-bond acceptors (Lipinski definition) is 5. The van der Waals surface area contributed by atoms with Gasteiger partial charge in [0.1, 0.15) is 24.4 Å². The highest BCUT2D eigenvalue weighted by Gasteiger charge is 2.40. The smallest absolute Gasteiger partial charge is 0.114 e. The van der Waals surface area contributed by atoms with Crippen LogP contribution in [0, 0.1) is 0 Å². The maximum absolute atomic E-state index is 9.90. The molecule has 0 radical (unpaired) electrons. The van der Waals surface area contributed by atoms with E-state index in [2.05, 4.69) is 19.1 Å². The molecule has 5 nitrogen and oxygen atoms in total. The molecule has 0 amide bonds. The minimum atomic E-state index is -1.01. The molecule has 1 saturated heterocycles. The molecule has 184 valence electrons. The van der Waals surface area contributed by atoms with Gasteiger partial charge in [-0.15, -0.1) is 0 Å². The minimum Gasteiger partial charge on any atom is -0.394 e. The Morgan fingerprint density at radius 1 is 0.839 bits per heavy atom. The topological polar surface area (TPSA) is 79.2 Å². The molecule has 0 saturated carbocycles. The normalized spacial score (nSPS) is 22.5. The molecule has 1 aliphatic heterocycles. The summed E-state index contributed by atoms with van der Waals surface area (Å²) >= 11 is 0. The molecular formula is C26H50O5. The second-order valence-corrected chi connectivity index (χ2v) is 9.10. The SMILES string of the molecule is CCCCCCCCCCCCCC/C=C/CCCCO[C@@H]1[C@H]([C@@H](O)CO)OC[C@H]1O. The standard InChI is InChI=1S/C26H50O5/c1-2-3-4-5-6-7-8-9-10-11-12-13-14-15-16-17-18-19-20-30-26-24(29)22-31-25(26)23(28)21-27/h15-16,23-29H,2-14,17-22H2,1H3/b16-15+/t23-,24+,25-,26-/m0/s1. The van der Waals surface area contributed by atoms with E-state index in [1.807, 2.05) is 0 Å². The molecule has 0 aromatic carbocycles. The number of ether oxygens (including phenoxy) is 2. The Bertz CT molecular complexity index is 415. The van der Waals surface area contributed by atoms with E-state index in [0.717, 1.165) is 19.3 Å². The van der Waals surface area contributed by atoms with Crippen molar-refractivity contribution in [3.05, 3.63) is 12.2 Å². The van der Waals surface area contributed by atoms with Gasteiger partial charge in [0.05, 0.1) is 13.2 Å². The van der Waals surface area contributed by atoms with Gasteiger partial charge < -0.3 is 24.8 Å². The molecule has 0 spiro atoms. The highest BCUT2D eigenvalue weighted by Crippen LogP contribution is 2.21. The van der Waals surface area contributed by atoms with Gasteiger partial charge in [0, 0.05) is 6.61 Å². The predicted molar refractivity (Wildman–Crippen MR) is 127 cm³/mol. The lowest BCUT2D eigenvalue weighted by molar-refractivity contribution is -0.0937. The first kappa shape index (κ1) is 28.6. The van der Waals surface area contributed by atoms with Crippen molar-refractivity contribution in [2.24, 2.45) is 0 Å². The zero-order valence-corrected chi connectivity index (χ0v) is 20.1. The van der Waals surface area contributed by atoms with Crippen LogP contribution in [-0.2, 0) is 9.47 Å². The van der Waals surface area contributed by atoms with E-state index in [9.17, 15) is 10.2 Å². The maximum Gasteiger partial charge on any atom is 0.114 e. The fraction of sp³-hybridized carbons (Fsp3) is 0.923. The third kappa shape index (κ3) is 14.3. The lowest BCUT2D eigenvalue weighted by Crippen LogP contribution is -2.42. The van der Waals surface area contributed by atoms with Crippen molar-refractivity contribution in [1.29, 1.82) is 0 Å². The van der Waals surface area contributed by atoms with Gasteiger partial charge in [-0.3, -0.25) is 0 Å². The van der Waals surface area contributed by atoms with E-state index in [1.54, 1.807) is 0 Å².